The maximum absolute atomic E-state index is 10.9. The minimum Gasteiger partial charge on any atom is -0.478 e. The van der Waals surface area contributed by atoms with Crippen LogP contribution in [-0.4, -0.2) is 29.3 Å². The van der Waals surface area contributed by atoms with Gasteiger partial charge < -0.3 is 15.2 Å². The van der Waals surface area contributed by atoms with Crippen LogP contribution in [0.1, 0.15) is 37.0 Å². The molecule has 2 rings (SSSR count). The Labute approximate surface area is 107 Å². The summed E-state index contributed by atoms with van der Waals surface area (Å²) in [5.74, 6) is -0.896. The molecule has 2 atom stereocenters. The van der Waals surface area contributed by atoms with Crippen molar-refractivity contribution in [2.45, 2.75) is 44.9 Å². The Morgan fingerprint density at radius 1 is 1.33 bits per heavy atom. The molecule has 1 saturated heterocycles. The van der Waals surface area contributed by atoms with Crippen LogP contribution >= 0.6 is 0 Å². The van der Waals surface area contributed by atoms with Gasteiger partial charge >= 0.3 is 5.97 Å². The van der Waals surface area contributed by atoms with Crippen LogP contribution in [0.15, 0.2) is 24.3 Å². The van der Waals surface area contributed by atoms with Gasteiger partial charge in [-0.05, 0) is 44.9 Å². The summed E-state index contributed by atoms with van der Waals surface area (Å²) in [7, 11) is 0. The molecule has 4 nitrogen and oxygen atoms in total. The molecular weight excluding hydrogens is 230 g/mol. The summed E-state index contributed by atoms with van der Waals surface area (Å²) in [6.07, 6.45) is 2.38. The Morgan fingerprint density at radius 2 is 2.00 bits per heavy atom. The van der Waals surface area contributed by atoms with E-state index in [0.29, 0.717) is 11.6 Å². The zero-order valence-electron chi connectivity index (χ0n) is 10.7. The van der Waals surface area contributed by atoms with Gasteiger partial charge in [-0.25, -0.2) is 4.79 Å². The van der Waals surface area contributed by atoms with E-state index in [9.17, 15) is 4.79 Å². The lowest BCUT2D eigenvalue weighted by molar-refractivity contribution is -0.0337. The highest BCUT2D eigenvalue weighted by Gasteiger charge is 2.24. The molecule has 0 aliphatic carbocycles. The van der Waals surface area contributed by atoms with Gasteiger partial charge in [0.2, 0.25) is 0 Å². The Kier molecular flexibility index (Phi) is 3.87. The van der Waals surface area contributed by atoms with E-state index in [1.54, 1.807) is 18.2 Å². The van der Waals surface area contributed by atoms with Crippen molar-refractivity contribution >= 4 is 11.7 Å². The number of hydrogen-bond acceptors (Lipinski definition) is 3. The third-order valence-corrected chi connectivity index (χ3v) is 3.18. The van der Waals surface area contributed by atoms with Crippen molar-refractivity contribution in [1.29, 1.82) is 0 Å². The summed E-state index contributed by atoms with van der Waals surface area (Å²) in [6, 6.07) is 7.28. The van der Waals surface area contributed by atoms with E-state index in [0.717, 1.165) is 18.5 Å². The number of aromatic carboxylic acids is 1. The first-order valence-corrected chi connectivity index (χ1v) is 6.30. The summed E-state index contributed by atoms with van der Waals surface area (Å²) >= 11 is 0. The Bertz CT molecular complexity index is 423. The molecule has 18 heavy (non-hydrogen) atoms. The molecule has 2 N–H and O–H groups in total. The molecule has 1 aromatic rings. The predicted molar refractivity (Wildman–Crippen MR) is 70.1 cm³/mol. The smallest absolute Gasteiger partial charge is 0.335 e. The van der Waals surface area contributed by atoms with Gasteiger partial charge in [-0.3, -0.25) is 0 Å². The van der Waals surface area contributed by atoms with Crippen LogP contribution in [-0.2, 0) is 4.74 Å². The van der Waals surface area contributed by atoms with Crippen molar-refractivity contribution in [2.75, 3.05) is 5.32 Å². The zero-order chi connectivity index (χ0) is 13.1. The second kappa shape index (κ2) is 5.40. The molecule has 0 spiro atoms. The molecule has 0 radical (unpaired) electrons. The number of carboxylic acid groups (broad SMARTS) is 1. The third-order valence-electron chi connectivity index (χ3n) is 3.18. The molecule has 2 unspecified atom stereocenters. The average molecular weight is 249 g/mol. The van der Waals surface area contributed by atoms with E-state index in [2.05, 4.69) is 19.2 Å². The van der Waals surface area contributed by atoms with Crippen LogP contribution in [0.3, 0.4) is 0 Å². The Morgan fingerprint density at radius 3 is 2.61 bits per heavy atom. The first kappa shape index (κ1) is 12.9. The summed E-state index contributed by atoms with van der Waals surface area (Å²) < 4.78 is 5.68. The molecular formula is C14H19NO3. The molecule has 1 aliphatic rings. The number of hydrogen-bond donors (Lipinski definition) is 2. The molecule has 0 aromatic heterocycles. The van der Waals surface area contributed by atoms with Gasteiger partial charge in [0.25, 0.3) is 0 Å². The second-order valence-electron chi connectivity index (χ2n) is 4.96. The van der Waals surface area contributed by atoms with Crippen LogP contribution < -0.4 is 5.32 Å². The van der Waals surface area contributed by atoms with Crippen molar-refractivity contribution in [2.24, 2.45) is 0 Å². The van der Waals surface area contributed by atoms with Gasteiger partial charge in [-0.1, -0.05) is 6.07 Å². The predicted octanol–water partition coefficient (Wildman–Crippen LogP) is 2.75. The average Bonchev–Trinajstić information content (AvgIpc) is 2.27. The van der Waals surface area contributed by atoms with Gasteiger partial charge in [-0.2, -0.15) is 0 Å². The van der Waals surface area contributed by atoms with Crippen LogP contribution in [0, 0.1) is 0 Å². The second-order valence-corrected chi connectivity index (χ2v) is 4.96. The summed E-state index contributed by atoms with van der Waals surface area (Å²) in [6.45, 7) is 4.13. The number of carboxylic acids is 1. The van der Waals surface area contributed by atoms with Crippen molar-refractivity contribution in [3.63, 3.8) is 0 Å². The summed E-state index contributed by atoms with van der Waals surface area (Å²) in [5, 5.41) is 12.3. The van der Waals surface area contributed by atoms with Crippen molar-refractivity contribution in [3.8, 4) is 0 Å². The fourth-order valence-corrected chi connectivity index (χ4v) is 2.50. The SMILES string of the molecule is CC1CC(Nc2cccc(C(=O)O)c2)CC(C)O1. The maximum Gasteiger partial charge on any atom is 0.335 e. The molecule has 98 valence electrons. The summed E-state index contributed by atoms with van der Waals surface area (Å²) in [5.41, 5.74) is 1.18. The molecule has 1 heterocycles. The number of rotatable bonds is 3. The highest BCUT2D eigenvalue weighted by Crippen LogP contribution is 2.23. The molecule has 0 saturated carbocycles. The minimum atomic E-state index is -0.896. The normalized spacial score (nSPS) is 27.8. The van der Waals surface area contributed by atoms with Gasteiger partial charge in [0, 0.05) is 11.7 Å². The third kappa shape index (κ3) is 3.23. The van der Waals surface area contributed by atoms with Crippen molar-refractivity contribution in [1.82, 2.24) is 0 Å². The van der Waals surface area contributed by atoms with Crippen LogP contribution in [0.5, 0.6) is 0 Å². The van der Waals surface area contributed by atoms with Gasteiger partial charge in [0.05, 0.1) is 17.8 Å². The van der Waals surface area contributed by atoms with E-state index in [1.165, 1.54) is 0 Å². The number of carbonyl (C=O) groups is 1. The fourth-order valence-electron chi connectivity index (χ4n) is 2.50. The molecule has 1 aromatic carbocycles. The molecule has 1 aliphatic heterocycles. The lowest BCUT2D eigenvalue weighted by Gasteiger charge is -2.33. The van der Waals surface area contributed by atoms with Gasteiger partial charge in [0.15, 0.2) is 0 Å². The maximum atomic E-state index is 10.9. The lowest BCUT2D eigenvalue weighted by Crippen LogP contribution is -2.36. The van der Waals surface area contributed by atoms with Crippen LogP contribution in [0.2, 0.25) is 0 Å². The standard InChI is InChI=1S/C14H19NO3/c1-9-6-13(7-10(2)18-9)15-12-5-3-4-11(8-12)14(16)17/h3-5,8-10,13,15H,6-7H2,1-2H3,(H,16,17). The molecule has 0 bridgehead atoms. The lowest BCUT2D eigenvalue weighted by atomic mass is 9.99. The topological polar surface area (TPSA) is 58.6 Å². The van der Waals surface area contributed by atoms with E-state index >= 15 is 0 Å². The van der Waals surface area contributed by atoms with Gasteiger partial charge in [-0.15, -0.1) is 0 Å². The quantitative estimate of drug-likeness (QED) is 0.864. The van der Waals surface area contributed by atoms with Gasteiger partial charge in [0.1, 0.15) is 0 Å². The first-order valence-electron chi connectivity index (χ1n) is 6.30. The highest BCUT2D eigenvalue weighted by molar-refractivity contribution is 5.88. The first-order chi connectivity index (χ1) is 8.54. The van der Waals surface area contributed by atoms with Crippen molar-refractivity contribution < 1.29 is 14.6 Å². The zero-order valence-corrected chi connectivity index (χ0v) is 10.7. The molecule has 0 amide bonds. The van der Waals surface area contributed by atoms with E-state index in [4.69, 9.17) is 9.84 Å². The number of nitrogens with one attached hydrogen (secondary N) is 1. The van der Waals surface area contributed by atoms with E-state index in [1.807, 2.05) is 6.07 Å². The van der Waals surface area contributed by atoms with E-state index in [-0.39, 0.29) is 12.2 Å². The van der Waals surface area contributed by atoms with Crippen molar-refractivity contribution in [3.05, 3.63) is 29.8 Å². The fraction of sp³-hybridized carbons (Fsp3) is 0.500. The van der Waals surface area contributed by atoms with Crippen LogP contribution in [0.4, 0.5) is 5.69 Å². The Balaban J connectivity index is 2.04. The molecule has 4 heteroatoms. The Hall–Kier alpha value is -1.55. The van der Waals surface area contributed by atoms with E-state index < -0.39 is 5.97 Å². The number of ether oxygens (including phenoxy) is 1. The monoisotopic (exact) mass is 249 g/mol. The number of anilines is 1. The minimum absolute atomic E-state index is 0.244. The summed E-state index contributed by atoms with van der Waals surface area (Å²) in [4.78, 5) is 10.9. The largest absolute Gasteiger partial charge is 0.478 e. The highest BCUT2D eigenvalue weighted by atomic mass is 16.5. The van der Waals surface area contributed by atoms with Crippen LogP contribution in [0.25, 0.3) is 0 Å². The number of benzene rings is 1. The molecule has 1 fully saturated rings.